The lowest BCUT2D eigenvalue weighted by Gasteiger charge is -2.21. The van der Waals surface area contributed by atoms with Crippen molar-refractivity contribution in [1.29, 1.82) is 0 Å². The molecule has 0 saturated carbocycles. The summed E-state index contributed by atoms with van der Waals surface area (Å²) >= 11 is 0. The molecule has 10 nitrogen and oxygen atoms in total. The van der Waals surface area contributed by atoms with Crippen LogP contribution in [0.15, 0.2) is 42.5 Å². The molecule has 2 aromatic rings. The number of nitro groups is 1. The second-order valence-electron chi connectivity index (χ2n) is 8.65. The normalized spacial score (nSPS) is 13.7. The third kappa shape index (κ3) is 7.03. The lowest BCUT2D eigenvalue weighted by Crippen LogP contribution is -2.43. The van der Waals surface area contributed by atoms with E-state index in [0.717, 1.165) is 50.2 Å². The van der Waals surface area contributed by atoms with Crippen molar-refractivity contribution in [1.82, 2.24) is 5.32 Å². The molecule has 3 rings (SSSR count). The van der Waals surface area contributed by atoms with Crippen LogP contribution in [0, 0.1) is 10.1 Å². The van der Waals surface area contributed by atoms with E-state index in [1.54, 1.807) is 13.0 Å². The molecule has 0 aromatic heterocycles. The zero-order chi connectivity index (χ0) is 26.1. The first kappa shape index (κ1) is 26.7. The van der Waals surface area contributed by atoms with Gasteiger partial charge in [0.25, 0.3) is 11.6 Å². The third-order valence-corrected chi connectivity index (χ3v) is 5.95. The lowest BCUT2D eigenvalue weighted by molar-refractivity contribution is -0.384. The Bertz CT molecular complexity index is 1110. The standard InChI is InChI=1S/C26H32N4O6/c1-3-5-11-23(25(32)27-20-9-8-10-21(17-20)29-12-6-7-13-29)28-24(31)18-14-19(26(33)36-4-2)16-22(15-18)30(34)35/h8-10,14-17,23H,3-7,11-13H2,1-2H3,(H,27,32)(H,28,31). The summed E-state index contributed by atoms with van der Waals surface area (Å²) in [5.41, 5.74) is 1.03. The van der Waals surface area contributed by atoms with Gasteiger partial charge in [-0.1, -0.05) is 25.8 Å². The summed E-state index contributed by atoms with van der Waals surface area (Å²) in [6.45, 7) is 5.62. The molecule has 2 N–H and O–H groups in total. The Morgan fingerprint density at radius 1 is 1.08 bits per heavy atom. The highest BCUT2D eigenvalue weighted by atomic mass is 16.6. The molecular formula is C26H32N4O6. The molecule has 1 fully saturated rings. The molecule has 0 aliphatic carbocycles. The maximum Gasteiger partial charge on any atom is 0.338 e. The van der Waals surface area contributed by atoms with Gasteiger partial charge in [-0.25, -0.2) is 4.79 Å². The molecule has 2 amide bonds. The number of amides is 2. The van der Waals surface area contributed by atoms with Crippen molar-refractivity contribution < 1.29 is 24.0 Å². The summed E-state index contributed by atoms with van der Waals surface area (Å²) in [6.07, 6.45) is 4.16. The number of benzene rings is 2. The van der Waals surface area contributed by atoms with Crippen LogP contribution in [0.25, 0.3) is 0 Å². The van der Waals surface area contributed by atoms with E-state index < -0.39 is 28.5 Å². The summed E-state index contributed by atoms with van der Waals surface area (Å²) in [5.74, 6) is -1.84. The van der Waals surface area contributed by atoms with Crippen molar-refractivity contribution in [2.45, 2.75) is 52.0 Å². The predicted octanol–water partition coefficient (Wildman–Crippen LogP) is 4.30. The van der Waals surface area contributed by atoms with E-state index in [-0.39, 0.29) is 23.6 Å². The van der Waals surface area contributed by atoms with Crippen LogP contribution in [0.1, 0.15) is 66.7 Å². The van der Waals surface area contributed by atoms with Gasteiger partial charge in [0.05, 0.1) is 17.1 Å². The van der Waals surface area contributed by atoms with Crippen LogP contribution >= 0.6 is 0 Å². The fraction of sp³-hybridized carbons (Fsp3) is 0.423. The monoisotopic (exact) mass is 496 g/mol. The number of rotatable bonds is 11. The van der Waals surface area contributed by atoms with E-state index in [1.165, 1.54) is 6.07 Å². The Kier molecular flexibility index (Phi) is 9.38. The first-order valence-corrected chi connectivity index (χ1v) is 12.3. The number of esters is 1. The second kappa shape index (κ2) is 12.7. The van der Waals surface area contributed by atoms with E-state index in [4.69, 9.17) is 4.74 Å². The summed E-state index contributed by atoms with van der Waals surface area (Å²) in [6, 6.07) is 10.1. The van der Waals surface area contributed by atoms with Crippen LogP contribution in [-0.4, -0.2) is 48.4 Å². The van der Waals surface area contributed by atoms with Gasteiger partial charge in [0.1, 0.15) is 6.04 Å². The molecule has 1 aliphatic heterocycles. The Morgan fingerprint density at radius 3 is 2.47 bits per heavy atom. The van der Waals surface area contributed by atoms with E-state index in [2.05, 4.69) is 15.5 Å². The highest BCUT2D eigenvalue weighted by Gasteiger charge is 2.24. The summed E-state index contributed by atoms with van der Waals surface area (Å²) in [7, 11) is 0. The van der Waals surface area contributed by atoms with Crippen LogP contribution < -0.4 is 15.5 Å². The number of carbonyl (C=O) groups excluding carboxylic acids is 3. The molecule has 0 bridgehead atoms. The van der Waals surface area contributed by atoms with Gasteiger partial charge in [-0.15, -0.1) is 0 Å². The zero-order valence-corrected chi connectivity index (χ0v) is 20.6. The number of non-ortho nitro benzene ring substituents is 1. The number of anilines is 2. The number of nitrogens with zero attached hydrogens (tertiary/aromatic N) is 2. The van der Waals surface area contributed by atoms with Crippen LogP contribution in [0.2, 0.25) is 0 Å². The van der Waals surface area contributed by atoms with Crippen molar-refractivity contribution in [3.8, 4) is 0 Å². The topological polar surface area (TPSA) is 131 Å². The van der Waals surface area contributed by atoms with Crippen LogP contribution in [0.4, 0.5) is 17.1 Å². The summed E-state index contributed by atoms with van der Waals surface area (Å²) < 4.78 is 4.92. The second-order valence-corrected chi connectivity index (χ2v) is 8.65. The third-order valence-electron chi connectivity index (χ3n) is 5.95. The largest absolute Gasteiger partial charge is 0.462 e. The molecule has 0 radical (unpaired) electrons. The number of nitro benzene ring substituents is 1. The Morgan fingerprint density at radius 2 is 1.81 bits per heavy atom. The number of nitrogens with one attached hydrogen (secondary N) is 2. The number of hydrogen-bond acceptors (Lipinski definition) is 7. The number of carbonyl (C=O) groups is 3. The average molecular weight is 497 g/mol. The molecule has 10 heteroatoms. The molecule has 1 unspecified atom stereocenters. The minimum absolute atomic E-state index is 0.0846. The quantitative estimate of drug-likeness (QED) is 0.269. The van der Waals surface area contributed by atoms with Crippen molar-refractivity contribution in [2.75, 3.05) is 29.9 Å². The van der Waals surface area contributed by atoms with Crippen molar-refractivity contribution in [2.24, 2.45) is 0 Å². The van der Waals surface area contributed by atoms with Gasteiger partial charge in [-0.3, -0.25) is 19.7 Å². The van der Waals surface area contributed by atoms with Crippen molar-refractivity contribution in [3.63, 3.8) is 0 Å². The highest BCUT2D eigenvalue weighted by Crippen LogP contribution is 2.24. The van der Waals surface area contributed by atoms with E-state index in [9.17, 15) is 24.5 Å². The molecule has 0 spiro atoms. The van der Waals surface area contributed by atoms with Gasteiger partial charge in [0.15, 0.2) is 0 Å². The molecule has 1 heterocycles. The molecule has 2 aromatic carbocycles. The van der Waals surface area contributed by atoms with Gasteiger partial charge in [0, 0.05) is 42.2 Å². The van der Waals surface area contributed by atoms with Gasteiger partial charge in [0.2, 0.25) is 5.91 Å². The number of ether oxygens (including phenoxy) is 1. The number of hydrogen-bond donors (Lipinski definition) is 2. The SMILES string of the molecule is CCCCC(NC(=O)c1cc(C(=O)OCC)cc([N+](=O)[O-])c1)C(=O)Nc1cccc(N2CCCC2)c1. The van der Waals surface area contributed by atoms with Crippen molar-refractivity contribution in [3.05, 3.63) is 63.7 Å². The van der Waals surface area contributed by atoms with Gasteiger partial charge >= 0.3 is 5.97 Å². The van der Waals surface area contributed by atoms with Gasteiger partial charge < -0.3 is 20.3 Å². The Balaban J connectivity index is 1.78. The Labute approximate surface area is 210 Å². The summed E-state index contributed by atoms with van der Waals surface area (Å²) in [5, 5.41) is 16.9. The highest BCUT2D eigenvalue weighted by molar-refractivity contribution is 6.03. The molecule has 1 aliphatic rings. The van der Waals surface area contributed by atoms with E-state index >= 15 is 0 Å². The number of unbranched alkanes of at least 4 members (excludes halogenated alkanes) is 1. The molecule has 36 heavy (non-hydrogen) atoms. The minimum Gasteiger partial charge on any atom is -0.462 e. The van der Waals surface area contributed by atoms with Crippen LogP contribution in [0.5, 0.6) is 0 Å². The lowest BCUT2D eigenvalue weighted by atomic mass is 10.1. The first-order valence-electron chi connectivity index (χ1n) is 12.3. The average Bonchev–Trinajstić information content (AvgIpc) is 3.41. The van der Waals surface area contributed by atoms with Crippen LogP contribution in [-0.2, 0) is 9.53 Å². The van der Waals surface area contributed by atoms with Gasteiger partial charge in [-0.2, -0.15) is 0 Å². The fourth-order valence-electron chi connectivity index (χ4n) is 4.08. The molecule has 1 saturated heterocycles. The summed E-state index contributed by atoms with van der Waals surface area (Å²) in [4.78, 5) is 51.3. The maximum absolute atomic E-state index is 13.1. The molecule has 192 valence electrons. The minimum atomic E-state index is -0.863. The fourth-order valence-corrected chi connectivity index (χ4v) is 4.08. The van der Waals surface area contributed by atoms with Gasteiger partial charge in [-0.05, 0) is 50.5 Å². The van der Waals surface area contributed by atoms with E-state index in [0.29, 0.717) is 18.5 Å². The maximum atomic E-state index is 13.1. The van der Waals surface area contributed by atoms with Crippen LogP contribution in [0.3, 0.4) is 0 Å². The van der Waals surface area contributed by atoms with Crippen molar-refractivity contribution >= 4 is 34.8 Å². The molecular weight excluding hydrogens is 464 g/mol. The first-order chi connectivity index (χ1) is 17.3. The zero-order valence-electron chi connectivity index (χ0n) is 20.6. The smallest absolute Gasteiger partial charge is 0.338 e. The molecule has 1 atom stereocenters. The van der Waals surface area contributed by atoms with E-state index in [1.807, 2.05) is 25.1 Å². The predicted molar refractivity (Wildman–Crippen MR) is 136 cm³/mol. The Hall–Kier alpha value is -3.95.